The molecule has 28 rings (SSSR count). The van der Waals surface area contributed by atoms with Crippen molar-refractivity contribution in [2.45, 2.75) is 427 Å². The largest absolute Gasteiger partial charge is 0.459 e. The highest BCUT2D eigenvalue weighted by Crippen LogP contribution is 2.72. The summed E-state index contributed by atoms with van der Waals surface area (Å²) in [6, 6.07) is 0. The van der Waals surface area contributed by atoms with Crippen molar-refractivity contribution in [2.75, 3.05) is 52.9 Å². The first-order valence-corrected chi connectivity index (χ1v) is 54.2. The Morgan fingerprint density at radius 1 is 0.278 bits per heavy atom. The molecule has 0 spiro atoms. The van der Waals surface area contributed by atoms with E-state index in [1.807, 2.05) is 13.8 Å². The molecule has 0 aliphatic heterocycles. The van der Waals surface area contributed by atoms with Gasteiger partial charge in [0.1, 0.15) is 0 Å². The van der Waals surface area contributed by atoms with Crippen LogP contribution in [0.25, 0.3) is 0 Å². The number of rotatable bonds is 28. The fourth-order valence-electron chi connectivity index (χ4n) is 35.7. The maximum Gasteiger partial charge on any atom is 0.312 e. The zero-order valence-corrected chi connectivity index (χ0v) is 86.2. The summed E-state index contributed by atoms with van der Waals surface area (Å²) in [7, 11) is 0. The van der Waals surface area contributed by atoms with Gasteiger partial charge in [-0.05, 0) is 382 Å². The molecule has 0 heterocycles. The van der Waals surface area contributed by atoms with Crippen LogP contribution in [0.15, 0.2) is 0 Å². The molecular formula is C109H162F14O21. The molecule has 28 aliphatic rings. The van der Waals surface area contributed by atoms with Crippen molar-refractivity contribution in [3.05, 3.63) is 0 Å². The van der Waals surface area contributed by atoms with Gasteiger partial charge >= 0.3 is 41.8 Å². The van der Waals surface area contributed by atoms with Gasteiger partial charge < -0.3 is 68.9 Å². The molecule has 14 unspecified atom stereocenters. The van der Waals surface area contributed by atoms with Crippen LogP contribution < -0.4 is 0 Å². The molecule has 0 aromatic carbocycles. The minimum Gasteiger partial charge on any atom is -0.459 e. The summed E-state index contributed by atoms with van der Waals surface area (Å²) in [5.41, 5.74) is -8.06. The first kappa shape index (κ1) is 113. The van der Waals surface area contributed by atoms with E-state index in [1.54, 1.807) is 0 Å². The number of alkyl halides is 14. The van der Waals surface area contributed by atoms with Crippen molar-refractivity contribution in [3.8, 4) is 0 Å². The first-order valence-electron chi connectivity index (χ1n) is 54.2. The number of unbranched alkanes of at least 4 members (excludes halogenated alkanes) is 1. The van der Waals surface area contributed by atoms with E-state index in [9.17, 15) is 131 Å². The van der Waals surface area contributed by atoms with Crippen molar-refractivity contribution in [1.29, 1.82) is 0 Å². The predicted molar refractivity (Wildman–Crippen MR) is 496 cm³/mol. The molecule has 28 aliphatic carbocycles. The van der Waals surface area contributed by atoms with E-state index in [0.29, 0.717) is 150 Å². The number of aliphatic hydroxyl groups excluding tert-OH is 1. The minimum absolute atomic E-state index is 0.0962. The van der Waals surface area contributed by atoms with Crippen LogP contribution >= 0.6 is 0 Å². The fraction of sp³-hybridized carbons (Fsp3) is 0.936. The normalized spacial score (nSPS) is 44.0. The molecule has 0 saturated heterocycles. The average Bonchev–Trinajstić information content (AvgIpc) is 0.743. The number of carbonyl (C=O) groups excluding carboxylic acids is 7. The monoisotopic (exact) mass is 2070 g/mol. The van der Waals surface area contributed by atoms with Gasteiger partial charge in [-0.25, -0.2) is 61.5 Å². The third-order valence-electron chi connectivity index (χ3n) is 39.7. The Kier molecular flexibility index (Phi) is 31.5. The van der Waals surface area contributed by atoms with Crippen molar-refractivity contribution in [2.24, 2.45) is 156 Å². The van der Waals surface area contributed by atoms with E-state index in [2.05, 4.69) is 13.8 Å². The number of hydrogen-bond acceptors (Lipinski definition) is 21. The summed E-state index contributed by atoms with van der Waals surface area (Å²) in [6.07, 6.45) is 34.1. The van der Waals surface area contributed by atoms with E-state index in [1.165, 1.54) is 0 Å². The lowest BCUT2D eigenvalue weighted by molar-refractivity contribution is -0.220. The van der Waals surface area contributed by atoms with Crippen LogP contribution in [0.4, 0.5) is 61.5 Å². The lowest BCUT2D eigenvalue weighted by Gasteiger charge is -2.62. The zero-order valence-electron chi connectivity index (χ0n) is 86.2. The number of ether oxygens (including phenoxy) is 7. The number of aliphatic hydroxyl groups is 7. The van der Waals surface area contributed by atoms with Crippen LogP contribution in [-0.4, -0.2) is 205 Å². The predicted octanol–water partition coefficient (Wildman–Crippen LogP) is 21.0. The number of hydrogen-bond donors (Lipinski definition) is 7. The third kappa shape index (κ3) is 24.3. The summed E-state index contributed by atoms with van der Waals surface area (Å²) < 4.78 is 215. The van der Waals surface area contributed by atoms with Crippen molar-refractivity contribution in [3.63, 3.8) is 0 Å². The second-order valence-electron chi connectivity index (χ2n) is 53.0. The Hall–Kier alpha value is -4.97. The molecule has 0 amide bonds. The molecular weight excluding hydrogens is 1910 g/mol. The SMILES string of the molecule is CC(F)(F)COC(=O)C12CC3CC(C1)C(C)(O)C(C3)C2.CC(F)(F)COC(=O)C12CC3CC(CC(CO)(C3)C1)C2.CC(F)(F)COC(=O)C12CC3CC(CC(O)(C3)C1)C2.CC(F)(F)COC(=O)C1C2CC3CC1CC(O)(C3)C2.CCC1(O)C2CC3CC1CC(C(=O)OCC(C)(F)F)(C3)C2.CCCC1(O)C2CC3CC1CC(C(=O)OCC(C)(F)F)(C3)C2.CCCCC1(O)C2CC3CC1CC(C(=O)OCC(C)(F)F)(C3)C2. The average molecular weight is 2070 g/mol. The number of esters is 7. The second-order valence-corrected chi connectivity index (χ2v) is 53.0. The zero-order chi connectivity index (χ0) is 106. The molecule has 0 aromatic heterocycles. The second kappa shape index (κ2) is 40.2. The molecule has 0 radical (unpaired) electrons. The van der Waals surface area contributed by atoms with Crippen LogP contribution in [0.3, 0.4) is 0 Å². The summed E-state index contributed by atoms with van der Waals surface area (Å²) in [4.78, 5) is 86.4. The highest BCUT2D eigenvalue weighted by Gasteiger charge is 2.71. The highest BCUT2D eigenvalue weighted by atomic mass is 19.3. The maximum atomic E-state index is 13.0. The van der Waals surface area contributed by atoms with Crippen LogP contribution in [0.2, 0.25) is 0 Å². The van der Waals surface area contributed by atoms with Gasteiger partial charge in [0.2, 0.25) is 0 Å². The smallest absolute Gasteiger partial charge is 0.312 e. The van der Waals surface area contributed by atoms with Gasteiger partial charge in [-0.3, -0.25) is 33.6 Å². The van der Waals surface area contributed by atoms with Crippen molar-refractivity contribution < 1.29 is 164 Å². The first-order chi connectivity index (χ1) is 66.4. The lowest BCUT2D eigenvalue weighted by atomic mass is 9.44. The standard InChI is InChI=1S/C18H28F2O3.C17H26F2O3.C16H24F2O3.2C15H22F2O3.2C14H20F2O3/c1-3-4-5-18(22)13-6-12-7-14(18)10-17(8-12,9-13)15(21)23-11-16(2,19)20;1-3-4-17(21)12-5-11-6-13(17)9-16(7-11,8-12)14(20)22-10-15(2,18)19;1-3-16(20)11-4-10-5-12(16)8-15(6-10,7-11)13(19)21-9-14(2,17)18;1-13(16,17)9-20-12(19)15-5-10-2-11(6-15)4-14(3-10,7-15)8-18;1-13(16,17)8-20-12(18)15-5-9-3-10(6-15)14(2,19)11(4-9)7-15;1-12(15,16)8-19-11(17)13-3-9-2-10(4-13)6-14(18,5-9)7-13;1-13(15,16)7-19-12(17)11-9-2-8-3-10(11)6-14(18,4-8)5-9/h12-14,22H,3-11H2,1-2H3;11-13,21H,3-10H2,1-2H3;10-12,20H,3-9H2,1-2H3;10-11,18H,2-9H2,1H3;9-11,19H,3-8H2,1-2H3;9-10,18H,2-8H2,1H3;8-11,18H,2-7H2,1H3. The minimum atomic E-state index is -2.99. The molecule has 35 heteroatoms. The quantitative estimate of drug-likeness (QED) is 0.0217. The number of carbonyl (C=O) groups is 7. The van der Waals surface area contributed by atoms with Gasteiger partial charge in [-0.1, -0.05) is 40.0 Å². The Labute approximate surface area is 838 Å². The Morgan fingerprint density at radius 2 is 0.535 bits per heavy atom. The molecule has 28 fully saturated rings. The summed E-state index contributed by atoms with van der Waals surface area (Å²) in [6.45, 7) is 7.53. The van der Waals surface area contributed by atoms with Crippen molar-refractivity contribution in [1.82, 2.24) is 0 Å². The van der Waals surface area contributed by atoms with E-state index in [4.69, 9.17) is 33.2 Å². The maximum absolute atomic E-state index is 13.0. The van der Waals surface area contributed by atoms with Gasteiger partial charge in [-0.15, -0.1) is 0 Å². The van der Waals surface area contributed by atoms with Crippen LogP contribution in [-0.2, 0) is 66.7 Å². The van der Waals surface area contributed by atoms with Crippen molar-refractivity contribution >= 4 is 41.8 Å². The van der Waals surface area contributed by atoms with Crippen LogP contribution in [0.5, 0.6) is 0 Å². The number of halogens is 14. The molecule has 14 atom stereocenters. The summed E-state index contributed by atoms with van der Waals surface area (Å²) >= 11 is 0. The molecule has 822 valence electrons. The van der Waals surface area contributed by atoms with Gasteiger partial charge in [-0.2, -0.15) is 0 Å². The Morgan fingerprint density at radius 3 is 0.819 bits per heavy atom. The van der Waals surface area contributed by atoms with Gasteiger partial charge in [0.25, 0.3) is 41.5 Å². The van der Waals surface area contributed by atoms with Gasteiger partial charge in [0, 0.05) is 55.1 Å². The lowest BCUT2D eigenvalue weighted by Crippen LogP contribution is -2.63. The summed E-state index contributed by atoms with van der Waals surface area (Å²) in [5.74, 6) is -19.6. The highest BCUT2D eigenvalue weighted by molar-refractivity contribution is 5.81. The molecule has 0 aromatic rings. The molecule has 28 bridgehead atoms. The van der Waals surface area contributed by atoms with E-state index in [-0.39, 0.29) is 77.1 Å². The Balaban J connectivity index is 0.000000127. The molecule has 28 saturated carbocycles. The molecule has 21 nitrogen and oxygen atoms in total. The summed E-state index contributed by atoms with van der Waals surface area (Å²) in [5, 5.41) is 74.3. The van der Waals surface area contributed by atoms with Gasteiger partial charge in [0.05, 0.1) is 72.0 Å². The Bertz CT molecular complexity index is 4470. The van der Waals surface area contributed by atoms with E-state index < -0.39 is 196 Å². The molecule has 144 heavy (non-hydrogen) atoms. The van der Waals surface area contributed by atoms with E-state index >= 15 is 0 Å². The van der Waals surface area contributed by atoms with Gasteiger partial charge in [0.15, 0.2) is 46.2 Å². The molecule has 7 N–H and O–H groups in total. The van der Waals surface area contributed by atoms with E-state index in [0.717, 1.165) is 228 Å². The fourth-order valence-corrected chi connectivity index (χ4v) is 35.7. The third-order valence-corrected chi connectivity index (χ3v) is 39.7. The van der Waals surface area contributed by atoms with Crippen LogP contribution in [0.1, 0.15) is 352 Å². The topological polar surface area (TPSA) is 326 Å². The van der Waals surface area contributed by atoms with Crippen LogP contribution in [0, 0.1) is 156 Å².